The van der Waals surface area contributed by atoms with E-state index in [1.54, 1.807) is 0 Å². The van der Waals surface area contributed by atoms with Crippen molar-refractivity contribution in [2.45, 2.75) is 13.0 Å². The molecular formula is C10H13N3. The fourth-order valence-electron chi connectivity index (χ4n) is 1.40. The standard InChI is InChI=1S/C10H13N3/c1-7(11-2)8-3-4-10-9(5-8)6-12-13-10/h3-7,11H,1-2H3,(H,12,13). The third kappa shape index (κ3) is 1.42. The summed E-state index contributed by atoms with van der Waals surface area (Å²) in [6, 6.07) is 6.71. The van der Waals surface area contributed by atoms with Gasteiger partial charge in [0.05, 0.1) is 11.7 Å². The van der Waals surface area contributed by atoms with Gasteiger partial charge in [0.15, 0.2) is 0 Å². The molecule has 0 saturated heterocycles. The van der Waals surface area contributed by atoms with E-state index >= 15 is 0 Å². The first kappa shape index (κ1) is 8.26. The number of benzene rings is 1. The van der Waals surface area contributed by atoms with Crippen LogP contribution >= 0.6 is 0 Å². The number of nitrogens with zero attached hydrogens (tertiary/aromatic N) is 1. The minimum atomic E-state index is 0.388. The number of aromatic amines is 1. The van der Waals surface area contributed by atoms with Crippen molar-refractivity contribution in [1.29, 1.82) is 0 Å². The molecule has 2 aromatic rings. The average molecular weight is 175 g/mol. The quantitative estimate of drug-likeness (QED) is 0.731. The Morgan fingerprint density at radius 3 is 3.08 bits per heavy atom. The van der Waals surface area contributed by atoms with Gasteiger partial charge < -0.3 is 5.32 Å². The highest BCUT2D eigenvalue weighted by Crippen LogP contribution is 2.17. The van der Waals surface area contributed by atoms with Crippen LogP contribution in [0.2, 0.25) is 0 Å². The smallest absolute Gasteiger partial charge is 0.0650 e. The van der Waals surface area contributed by atoms with E-state index in [-0.39, 0.29) is 0 Å². The molecule has 2 N–H and O–H groups in total. The van der Waals surface area contributed by atoms with Crippen molar-refractivity contribution in [3.8, 4) is 0 Å². The number of aromatic nitrogens is 2. The minimum absolute atomic E-state index is 0.388. The van der Waals surface area contributed by atoms with Crippen LogP contribution in [0.15, 0.2) is 24.4 Å². The van der Waals surface area contributed by atoms with E-state index in [0.29, 0.717) is 6.04 Å². The number of nitrogens with one attached hydrogen (secondary N) is 2. The number of rotatable bonds is 2. The van der Waals surface area contributed by atoms with Crippen LogP contribution in [0.5, 0.6) is 0 Å². The normalized spacial score (nSPS) is 13.4. The van der Waals surface area contributed by atoms with Crippen LogP contribution in [-0.4, -0.2) is 17.2 Å². The van der Waals surface area contributed by atoms with Crippen molar-refractivity contribution >= 4 is 10.9 Å². The van der Waals surface area contributed by atoms with Gasteiger partial charge in [0.25, 0.3) is 0 Å². The lowest BCUT2D eigenvalue weighted by Crippen LogP contribution is -2.11. The fourth-order valence-corrected chi connectivity index (χ4v) is 1.40. The van der Waals surface area contributed by atoms with Crippen LogP contribution in [0, 0.1) is 0 Å². The summed E-state index contributed by atoms with van der Waals surface area (Å²) in [7, 11) is 1.96. The maximum atomic E-state index is 3.98. The summed E-state index contributed by atoms with van der Waals surface area (Å²) >= 11 is 0. The fraction of sp³-hybridized carbons (Fsp3) is 0.300. The molecule has 0 aliphatic carbocycles. The number of H-pyrrole nitrogens is 1. The molecule has 3 nitrogen and oxygen atoms in total. The zero-order valence-electron chi connectivity index (χ0n) is 7.83. The van der Waals surface area contributed by atoms with E-state index in [1.807, 2.05) is 13.2 Å². The summed E-state index contributed by atoms with van der Waals surface area (Å²) in [5.41, 5.74) is 2.38. The van der Waals surface area contributed by atoms with Crippen molar-refractivity contribution < 1.29 is 0 Å². The van der Waals surface area contributed by atoms with Gasteiger partial charge >= 0.3 is 0 Å². The van der Waals surface area contributed by atoms with Crippen molar-refractivity contribution in [2.24, 2.45) is 0 Å². The molecule has 1 aromatic heterocycles. The third-order valence-corrected chi connectivity index (χ3v) is 2.40. The van der Waals surface area contributed by atoms with E-state index in [1.165, 1.54) is 10.9 Å². The van der Waals surface area contributed by atoms with Gasteiger partial charge in [-0.05, 0) is 31.7 Å². The minimum Gasteiger partial charge on any atom is -0.313 e. The van der Waals surface area contributed by atoms with Gasteiger partial charge in [-0.3, -0.25) is 5.10 Å². The van der Waals surface area contributed by atoms with Crippen LogP contribution in [0.25, 0.3) is 10.9 Å². The Balaban J connectivity index is 2.48. The number of hydrogen-bond donors (Lipinski definition) is 2. The molecule has 0 aliphatic heterocycles. The molecule has 1 aromatic carbocycles. The second-order valence-corrected chi connectivity index (χ2v) is 3.23. The predicted molar refractivity (Wildman–Crippen MR) is 53.6 cm³/mol. The van der Waals surface area contributed by atoms with E-state index in [9.17, 15) is 0 Å². The number of hydrogen-bond acceptors (Lipinski definition) is 2. The first-order valence-corrected chi connectivity index (χ1v) is 4.41. The zero-order chi connectivity index (χ0) is 9.26. The second kappa shape index (κ2) is 3.18. The average Bonchev–Trinajstić information content (AvgIpc) is 2.63. The third-order valence-electron chi connectivity index (χ3n) is 2.40. The van der Waals surface area contributed by atoms with Crippen molar-refractivity contribution in [3.05, 3.63) is 30.0 Å². The van der Waals surface area contributed by atoms with Gasteiger partial charge in [0.2, 0.25) is 0 Å². The van der Waals surface area contributed by atoms with E-state index < -0.39 is 0 Å². The summed E-state index contributed by atoms with van der Waals surface area (Å²) in [6.07, 6.45) is 1.85. The number of fused-ring (bicyclic) bond motifs is 1. The molecular weight excluding hydrogens is 162 g/mol. The van der Waals surface area contributed by atoms with Gasteiger partial charge in [0.1, 0.15) is 0 Å². The molecule has 0 spiro atoms. The maximum absolute atomic E-state index is 3.98. The maximum Gasteiger partial charge on any atom is 0.0650 e. The van der Waals surface area contributed by atoms with Gasteiger partial charge in [0, 0.05) is 11.4 Å². The van der Waals surface area contributed by atoms with Crippen LogP contribution in [0.3, 0.4) is 0 Å². The molecule has 0 radical (unpaired) electrons. The van der Waals surface area contributed by atoms with Gasteiger partial charge in [-0.2, -0.15) is 5.10 Å². The molecule has 1 unspecified atom stereocenters. The van der Waals surface area contributed by atoms with E-state index in [0.717, 1.165) is 5.52 Å². The Hall–Kier alpha value is -1.35. The van der Waals surface area contributed by atoms with Crippen LogP contribution < -0.4 is 5.32 Å². The summed E-state index contributed by atoms with van der Waals surface area (Å²) in [5.74, 6) is 0. The molecule has 0 saturated carbocycles. The molecule has 0 aliphatic rings. The zero-order valence-corrected chi connectivity index (χ0v) is 7.83. The van der Waals surface area contributed by atoms with Gasteiger partial charge in [-0.15, -0.1) is 0 Å². The van der Waals surface area contributed by atoms with Gasteiger partial charge in [-0.25, -0.2) is 0 Å². The van der Waals surface area contributed by atoms with Crippen molar-refractivity contribution in [3.63, 3.8) is 0 Å². The monoisotopic (exact) mass is 175 g/mol. The molecule has 0 fully saturated rings. The van der Waals surface area contributed by atoms with Crippen molar-refractivity contribution in [1.82, 2.24) is 15.5 Å². The van der Waals surface area contributed by atoms with Crippen molar-refractivity contribution in [2.75, 3.05) is 7.05 Å². The Morgan fingerprint density at radius 1 is 1.46 bits per heavy atom. The SMILES string of the molecule is CNC(C)c1ccc2[nH]ncc2c1. The Kier molecular flexibility index (Phi) is 2.02. The highest BCUT2D eigenvalue weighted by atomic mass is 15.1. The first-order valence-electron chi connectivity index (χ1n) is 4.41. The summed E-state index contributed by atoms with van der Waals surface area (Å²) in [6.45, 7) is 2.14. The highest BCUT2D eigenvalue weighted by Gasteiger charge is 2.03. The highest BCUT2D eigenvalue weighted by molar-refractivity contribution is 5.78. The molecule has 3 heteroatoms. The summed E-state index contributed by atoms with van der Waals surface area (Å²) < 4.78 is 0. The molecule has 2 rings (SSSR count). The molecule has 13 heavy (non-hydrogen) atoms. The molecule has 0 amide bonds. The largest absolute Gasteiger partial charge is 0.313 e. The predicted octanol–water partition coefficient (Wildman–Crippen LogP) is 1.84. The Bertz CT molecular complexity index is 405. The van der Waals surface area contributed by atoms with Crippen LogP contribution in [0.1, 0.15) is 18.5 Å². The van der Waals surface area contributed by atoms with Crippen LogP contribution in [-0.2, 0) is 0 Å². The molecule has 1 heterocycles. The molecule has 1 atom stereocenters. The van der Waals surface area contributed by atoms with Crippen LogP contribution in [0.4, 0.5) is 0 Å². The lowest BCUT2D eigenvalue weighted by atomic mass is 10.1. The Labute approximate surface area is 77.2 Å². The summed E-state index contributed by atoms with van der Waals surface area (Å²) in [4.78, 5) is 0. The lowest BCUT2D eigenvalue weighted by molar-refractivity contribution is 0.653. The first-order chi connectivity index (χ1) is 6.31. The Morgan fingerprint density at radius 2 is 2.31 bits per heavy atom. The van der Waals surface area contributed by atoms with E-state index in [4.69, 9.17) is 0 Å². The lowest BCUT2D eigenvalue weighted by Gasteiger charge is -2.09. The second-order valence-electron chi connectivity index (χ2n) is 3.23. The van der Waals surface area contributed by atoms with E-state index in [2.05, 4.69) is 40.6 Å². The topological polar surface area (TPSA) is 40.7 Å². The van der Waals surface area contributed by atoms with Gasteiger partial charge in [-0.1, -0.05) is 6.07 Å². The molecule has 68 valence electrons. The summed E-state index contributed by atoms with van der Waals surface area (Å²) in [5, 5.41) is 11.3. The molecule has 0 bridgehead atoms.